The number of nitrogens with one attached hydrogen (secondary N) is 1. The van der Waals surface area contributed by atoms with Gasteiger partial charge in [0.1, 0.15) is 5.82 Å². The van der Waals surface area contributed by atoms with E-state index in [0.717, 1.165) is 22.5 Å². The van der Waals surface area contributed by atoms with Crippen LogP contribution >= 0.6 is 11.6 Å². The molecule has 0 radical (unpaired) electrons. The summed E-state index contributed by atoms with van der Waals surface area (Å²) < 4.78 is 4.06. The Kier molecular flexibility index (Phi) is 4.32. The SMILES string of the molecule is Cc1cc(C(=O)Nc2ccnn2Cc2ccc(Cl)cc2)c(C)n1C1CC1. The van der Waals surface area contributed by atoms with Crippen LogP contribution in [-0.2, 0) is 6.54 Å². The van der Waals surface area contributed by atoms with Crippen LogP contribution in [0.25, 0.3) is 0 Å². The smallest absolute Gasteiger partial charge is 0.258 e. The van der Waals surface area contributed by atoms with Gasteiger partial charge in [0, 0.05) is 28.5 Å². The summed E-state index contributed by atoms with van der Waals surface area (Å²) in [4.78, 5) is 12.8. The number of amides is 1. The number of carbonyl (C=O) groups excluding carboxylic acids is 1. The highest BCUT2D eigenvalue weighted by molar-refractivity contribution is 6.30. The second-order valence-electron chi connectivity index (χ2n) is 6.84. The lowest BCUT2D eigenvalue weighted by molar-refractivity contribution is 0.102. The normalized spacial score (nSPS) is 13.8. The van der Waals surface area contributed by atoms with Crippen LogP contribution in [0.5, 0.6) is 0 Å². The minimum absolute atomic E-state index is 0.0946. The topological polar surface area (TPSA) is 51.9 Å². The van der Waals surface area contributed by atoms with Gasteiger partial charge in [-0.05, 0) is 50.5 Å². The number of hydrogen-bond donors (Lipinski definition) is 1. The lowest BCUT2D eigenvalue weighted by Gasteiger charge is -2.10. The second-order valence-corrected chi connectivity index (χ2v) is 7.28. The van der Waals surface area contributed by atoms with E-state index in [9.17, 15) is 4.79 Å². The van der Waals surface area contributed by atoms with Gasteiger partial charge in [-0.25, -0.2) is 4.68 Å². The Bertz CT molecular complexity index is 951. The minimum Gasteiger partial charge on any atom is -0.345 e. The Hall–Kier alpha value is -2.53. The molecule has 2 aromatic heterocycles. The molecule has 1 aliphatic carbocycles. The van der Waals surface area contributed by atoms with Crippen molar-refractivity contribution >= 4 is 23.3 Å². The van der Waals surface area contributed by atoms with E-state index in [0.29, 0.717) is 23.4 Å². The monoisotopic (exact) mass is 368 g/mol. The van der Waals surface area contributed by atoms with Crippen molar-refractivity contribution in [3.63, 3.8) is 0 Å². The van der Waals surface area contributed by atoms with Gasteiger partial charge in [0.15, 0.2) is 0 Å². The first kappa shape index (κ1) is 16.9. The molecule has 3 aromatic rings. The van der Waals surface area contributed by atoms with Crippen LogP contribution in [0, 0.1) is 13.8 Å². The molecule has 6 heteroatoms. The highest BCUT2D eigenvalue weighted by atomic mass is 35.5. The Morgan fingerprint density at radius 1 is 1.23 bits per heavy atom. The summed E-state index contributed by atoms with van der Waals surface area (Å²) in [5.74, 6) is 0.587. The largest absolute Gasteiger partial charge is 0.345 e. The molecule has 0 unspecified atom stereocenters. The van der Waals surface area contributed by atoms with E-state index >= 15 is 0 Å². The molecule has 0 bridgehead atoms. The van der Waals surface area contributed by atoms with Crippen LogP contribution in [-0.4, -0.2) is 20.3 Å². The molecule has 26 heavy (non-hydrogen) atoms. The summed E-state index contributed by atoms with van der Waals surface area (Å²) in [5, 5.41) is 8.03. The summed E-state index contributed by atoms with van der Waals surface area (Å²) in [6.07, 6.45) is 4.09. The van der Waals surface area contributed by atoms with Crippen LogP contribution in [0.3, 0.4) is 0 Å². The predicted octanol–water partition coefficient (Wildman–Crippen LogP) is 4.59. The van der Waals surface area contributed by atoms with Crippen molar-refractivity contribution < 1.29 is 4.79 Å². The molecular weight excluding hydrogens is 348 g/mol. The fourth-order valence-electron chi connectivity index (χ4n) is 3.41. The van der Waals surface area contributed by atoms with Gasteiger partial charge in [0.25, 0.3) is 5.91 Å². The number of aromatic nitrogens is 3. The highest BCUT2D eigenvalue weighted by Crippen LogP contribution is 2.38. The molecule has 0 aliphatic heterocycles. The number of rotatable bonds is 5. The summed E-state index contributed by atoms with van der Waals surface area (Å²) in [7, 11) is 0. The predicted molar refractivity (Wildman–Crippen MR) is 103 cm³/mol. The van der Waals surface area contributed by atoms with E-state index in [2.05, 4.69) is 21.9 Å². The maximum atomic E-state index is 12.8. The number of carbonyl (C=O) groups is 1. The average Bonchev–Trinajstić information content (AvgIpc) is 3.28. The van der Waals surface area contributed by atoms with Crippen LogP contribution in [0.4, 0.5) is 5.82 Å². The minimum atomic E-state index is -0.0946. The number of halogens is 1. The quantitative estimate of drug-likeness (QED) is 0.716. The van der Waals surface area contributed by atoms with Gasteiger partial charge in [-0.3, -0.25) is 4.79 Å². The third-order valence-electron chi connectivity index (χ3n) is 4.84. The van der Waals surface area contributed by atoms with Gasteiger partial charge in [0.05, 0.1) is 18.3 Å². The standard InChI is InChI=1S/C20H21ClN4O/c1-13-11-18(14(2)25(13)17-7-8-17)20(26)23-19-9-10-22-24(19)12-15-3-5-16(21)6-4-15/h3-6,9-11,17H,7-8,12H2,1-2H3,(H,23,26). The molecule has 1 amide bonds. The fourth-order valence-corrected chi connectivity index (χ4v) is 3.54. The van der Waals surface area contributed by atoms with Crippen molar-refractivity contribution in [3.8, 4) is 0 Å². The molecule has 134 valence electrons. The van der Waals surface area contributed by atoms with E-state index in [4.69, 9.17) is 11.6 Å². The number of nitrogens with zero attached hydrogens (tertiary/aromatic N) is 3. The zero-order valence-electron chi connectivity index (χ0n) is 14.9. The van der Waals surface area contributed by atoms with E-state index in [1.807, 2.05) is 43.3 Å². The molecule has 1 fully saturated rings. The van der Waals surface area contributed by atoms with Crippen molar-refractivity contribution in [3.05, 3.63) is 70.1 Å². The lowest BCUT2D eigenvalue weighted by atomic mass is 10.2. The van der Waals surface area contributed by atoms with Crippen molar-refractivity contribution in [2.75, 3.05) is 5.32 Å². The lowest BCUT2D eigenvalue weighted by Crippen LogP contribution is -2.17. The maximum absolute atomic E-state index is 12.8. The van der Waals surface area contributed by atoms with Crippen molar-refractivity contribution in [2.24, 2.45) is 0 Å². The zero-order valence-corrected chi connectivity index (χ0v) is 15.6. The third-order valence-corrected chi connectivity index (χ3v) is 5.10. The Morgan fingerprint density at radius 2 is 1.96 bits per heavy atom. The average molecular weight is 369 g/mol. The highest BCUT2D eigenvalue weighted by Gasteiger charge is 2.28. The molecule has 5 nitrogen and oxygen atoms in total. The summed E-state index contributed by atoms with van der Waals surface area (Å²) in [6, 6.07) is 12.0. The third kappa shape index (κ3) is 3.27. The van der Waals surface area contributed by atoms with Crippen LogP contribution < -0.4 is 5.32 Å². The molecule has 1 saturated carbocycles. The van der Waals surface area contributed by atoms with E-state index in [1.165, 1.54) is 12.8 Å². The van der Waals surface area contributed by atoms with E-state index < -0.39 is 0 Å². The molecular formula is C20H21ClN4O. The van der Waals surface area contributed by atoms with Gasteiger partial charge >= 0.3 is 0 Å². The van der Waals surface area contributed by atoms with E-state index in [1.54, 1.807) is 10.9 Å². The van der Waals surface area contributed by atoms with Gasteiger partial charge in [-0.1, -0.05) is 23.7 Å². The van der Waals surface area contributed by atoms with Gasteiger partial charge in [0.2, 0.25) is 0 Å². The zero-order chi connectivity index (χ0) is 18.3. The van der Waals surface area contributed by atoms with Crippen LogP contribution in [0.1, 0.15) is 46.2 Å². The number of aryl methyl sites for hydroxylation is 1. The first-order valence-electron chi connectivity index (χ1n) is 8.79. The van der Waals surface area contributed by atoms with E-state index in [-0.39, 0.29) is 5.91 Å². The summed E-state index contributed by atoms with van der Waals surface area (Å²) in [6.45, 7) is 4.65. The van der Waals surface area contributed by atoms with Crippen LogP contribution in [0.15, 0.2) is 42.6 Å². The molecule has 1 N–H and O–H groups in total. The Morgan fingerprint density at radius 3 is 2.65 bits per heavy atom. The molecule has 1 aromatic carbocycles. The molecule has 2 heterocycles. The van der Waals surface area contributed by atoms with Gasteiger partial charge < -0.3 is 9.88 Å². The molecule has 0 spiro atoms. The van der Waals surface area contributed by atoms with Crippen LogP contribution in [0.2, 0.25) is 5.02 Å². The molecule has 4 rings (SSSR count). The first-order valence-corrected chi connectivity index (χ1v) is 9.17. The summed E-state index contributed by atoms with van der Waals surface area (Å²) in [5.41, 5.74) is 3.98. The van der Waals surface area contributed by atoms with Gasteiger partial charge in [-0.15, -0.1) is 0 Å². The van der Waals surface area contributed by atoms with Crippen molar-refractivity contribution in [1.29, 1.82) is 0 Å². The van der Waals surface area contributed by atoms with Gasteiger partial charge in [-0.2, -0.15) is 5.10 Å². The fraction of sp³-hybridized carbons (Fsp3) is 0.300. The first-order chi connectivity index (χ1) is 12.5. The number of anilines is 1. The maximum Gasteiger partial charge on any atom is 0.258 e. The molecule has 0 saturated heterocycles. The van der Waals surface area contributed by atoms with Crippen molar-refractivity contribution in [1.82, 2.24) is 14.3 Å². The molecule has 0 atom stereocenters. The van der Waals surface area contributed by atoms with Crippen molar-refractivity contribution in [2.45, 2.75) is 39.3 Å². The Labute approximate surface area is 157 Å². The summed E-state index contributed by atoms with van der Waals surface area (Å²) >= 11 is 5.94. The number of benzene rings is 1. The molecule has 1 aliphatic rings. The second kappa shape index (κ2) is 6.65. The Balaban J connectivity index is 1.53. The number of hydrogen-bond acceptors (Lipinski definition) is 2.